The lowest BCUT2D eigenvalue weighted by Gasteiger charge is -2.40. The van der Waals surface area contributed by atoms with Crippen LogP contribution in [-0.2, 0) is 17.5 Å². The maximum atomic E-state index is 13.2. The van der Waals surface area contributed by atoms with Crippen LogP contribution in [0.4, 0.5) is 18.9 Å². The Kier molecular flexibility index (Phi) is 7.10. The number of hydrogen-bond acceptors (Lipinski definition) is 3. The first-order valence-electron chi connectivity index (χ1n) is 11.0. The van der Waals surface area contributed by atoms with E-state index in [9.17, 15) is 18.0 Å². The van der Waals surface area contributed by atoms with Gasteiger partial charge < -0.3 is 9.80 Å². The molecule has 2 fully saturated rings. The number of likely N-dealkylation sites (tertiary alicyclic amines) is 1. The van der Waals surface area contributed by atoms with Crippen molar-refractivity contribution in [2.75, 3.05) is 44.2 Å². The molecule has 0 aliphatic carbocycles. The Morgan fingerprint density at radius 1 is 1.00 bits per heavy atom. The molecule has 172 valence electrons. The zero-order valence-electron chi connectivity index (χ0n) is 17.8. The summed E-state index contributed by atoms with van der Waals surface area (Å²) in [7, 11) is 0. The van der Waals surface area contributed by atoms with Crippen LogP contribution >= 0.6 is 15.9 Å². The summed E-state index contributed by atoms with van der Waals surface area (Å²) in [6, 6.07) is 13.7. The highest BCUT2D eigenvalue weighted by molar-refractivity contribution is 9.10. The summed E-state index contributed by atoms with van der Waals surface area (Å²) in [4.78, 5) is 19.3. The van der Waals surface area contributed by atoms with Gasteiger partial charge in [0.2, 0.25) is 5.91 Å². The van der Waals surface area contributed by atoms with Crippen LogP contribution < -0.4 is 4.90 Å². The molecule has 2 aliphatic rings. The van der Waals surface area contributed by atoms with Gasteiger partial charge in [0.25, 0.3) is 0 Å². The van der Waals surface area contributed by atoms with Gasteiger partial charge in [0, 0.05) is 49.4 Å². The van der Waals surface area contributed by atoms with Crippen LogP contribution in [0.2, 0.25) is 0 Å². The number of carbonyl (C=O) groups is 1. The summed E-state index contributed by atoms with van der Waals surface area (Å²) < 4.78 is 40.1. The smallest absolute Gasteiger partial charge is 0.368 e. The predicted octanol–water partition coefficient (Wildman–Crippen LogP) is 5.03. The monoisotopic (exact) mass is 509 g/mol. The van der Waals surface area contributed by atoms with Crippen molar-refractivity contribution in [2.45, 2.75) is 25.6 Å². The third-order valence-corrected chi connectivity index (χ3v) is 6.77. The van der Waals surface area contributed by atoms with Gasteiger partial charge in [0.05, 0.1) is 11.5 Å². The Balaban J connectivity index is 1.32. The zero-order chi connectivity index (χ0) is 22.7. The molecule has 32 heavy (non-hydrogen) atoms. The second kappa shape index (κ2) is 9.83. The molecule has 2 aromatic carbocycles. The van der Waals surface area contributed by atoms with E-state index in [-0.39, 0.29) is 11.8 Å². The van der Waals surface area contributed by atoms with Crippen LogP contribution in [0.15, 0.2) is 53.0 Å². The molecule has 1 unspecified atom stereocenters. The van der Waals surface area contributed by atoms with Crippen molar-refractivity contribution < 1.29 is 18.0 Å². The van der Waals surface area contributed by atoms with Crippen LogP contribution in [0.5, 0.6) is 0 Å². The SMILES string of the molecule is O=C(C1CCCN(Cc2cccc(Br)c2)C1)N1CCN(c2cccc(C(F)(F)F)c2)CC1. The van der Waals surface area contributed by atoms with E-state index in [1.807, 2.05) is 21.9 Å². The number of carbonyl (C=O) groups excluding carboxylic acids is 1. The Morgan fingerprint density at radius 2 is 1.75 bits per heavy atom. The molecular formula is C24H27BrF3N3O. The van der Waals surface area contributed by atoms with Crippen LogP contribution in [0.25, 0.3) is 0 Å². The summed E-state index contributed by atoms with van der Waals surface area (Å²) >= 11 is 3.51. The first-order valence-corrected chi connectivity index (χ1v) is 11.8. The summed E-state index contributed by atoms with van der Waals surface area (Å²) in [6.45, 7) is 4.73. The molecule has 8 heteroatoms. The van der Waals surface area contributed by atoms with E-state index in [4.69, 9.17) is 0 Å². The highest BCUT2D eigenvalue weighted by Crippen LogP contribution is 2.32. The van der Waals surface area contributed by atoms with Gasteiger partial charge >= 0.3 is 6.18 Å². The second-order valence-electron chi connectivity index (χ2n) is 8.56. The zero-order valence-corrected chi connectivity index (χ0v) is 19.4. The molecule has 0 N–H and O–H groups in total. The lowest BCUT2D eigenvalue weighted by Crippen LogP contribution is -2.52. The minimum atomic E-state index is -4.35. The molecule has 4 rings (SSSR count). The van der Waals surface area contributed by atoms with Gasteiger partial charge in [0.15, 0.2) is 0 Å². The topological polar surface area (TPSA) is 26.8 Å². The fourth-order valence-electron chi connectivity index (χ4n) is 4.62. The van der Waals surface area contributed by atoms with Crippen molar-refractivity contribution in [3.8, 4) is 0 Å². The van der Waals surface area contributed by atoms with Crippen molar-refractivity contribution in [1.82, 2.24) is 9.80 Å². The summed E-state index contributed by atoms with van der Waals surface area (Å²) in [6.07, 6.45) is -2.47. The number of rotatable bonds is 4. The molecule has 0 aromatic heterocycles. The molecule has 4 nitrogen and oxygen atoms in total. The number of benzene rings is 2. The van der Waals surface area contributed by atoms with Crippen molar-refractivity contribution in [2.24, 2.45) is 5.92 Å². The molecule has 1 amide bonds. The van der Waals surface area contributed by atoms with Crippen molar-refractivity contribution >= 4 is 27.5 Å². The molecule has 0 bridgehead atoms. The van der Waals surface area contributed by atoms with Gasteiger partial charge in [0.1, 0.15) is 0 Å². The Hall–Kier alpha value is -2.06. The molecule has 2 heterocycles. The predicted molar refractivity (Wildman–Crippen MR) is 122 cm³/mol. The van der Waals surface area contributed by atoms with E-state index in [1.165, 1.54) is 17.7 Å². The molecule has 0 radical (unpaired) electrons. The van der Waals surface area contributed by atoms with Gasteiger partial charge in [-0.15, -0.1) is 0 Å². The van der Waals surface area contributed by atoms with Crippen molar-refractivity contribution in [3.05, 3.63) is 64.1 Å². The third kappa shape index (κ3) is 5.64. The number of hydrogen-bond donors (Lipinski definition) is 0. The fraction of sp³-hybridized carbons (Fsp3) is 0.458. The lowest BCUT2D eigenvalue weighted by atomic mass is 9.95. The minimum Gasteiger partial charge on any atom is -0.368 e. The van der Waals surface area contributed by atoms with Crippen LogP contribution in [0.3, 0.4) is 0 Å². The third-order valence-electron chi connectivity index (χ3n) is 6.28. The van der Waals surface area contributed by atoms with E-state index < -0.39 is 11.7 Å². The number of amides is 1. The maximum absolute atomic E-state index is 13.2. The molecule has 2 aromatic rings. The summed E-state index contributed by atoms with van der Waals surface area (Å²) in [5.74, 6) is 0.156. The van der Waals surface area contributed by atoms with E-state index in [2.05, 4.69) is 33.0 Å². The summed E-state index contributed by atoms with van der Waals surface area (Å²) in [5.41, 5.74) is 1.15. The molecule has 0 spiro atoms. The molecule has 1 atom stereocenters. The molecule has 0 saturated carbocycles. The molecular weight excluding hydrogens is 483 g/mol. The van der Waals surface area contributed by atoms with Crippen LogP contribution in [0.1, 0.15) is 24.0 Å². The van der Waals surface area contributed by atoms with E-state index in [0.717, 1.165) is 43.0 Å². The normalized spacial score (nSPS) is 20.4. The quantitative estimate of drug-likeness (QED) is 0.578. The highest BCUT2D eigenvalue weighted by Gasteiger charge is 2.33. The maximum Gasteiger partial charge on any atom is 0.416 e. The fourth-order valence-corrected chi connectivity index (χ4v) is 5.06. The number of anilines is 1. The first-order chi connectivity index (χ1) is 15.3. The van der Waals surface area contributed by atoms with Gasteiger partial charge in [-0.05, 0) is 55.3 Å². The average molecular weight is 510 g/mol. The van der Waals surface area contributed by atoms with Crippen LogP contribution in [-0.4, -0.2) is 55.0 Å². The van der Waals surface area contributed by atoms with E-state index in [1.54, 1.807) is 6.07 Å². The van der Waals surface area contributed by atoms with Crippen LogP contribution in [0, 0.1) is 5.92 Å². The second-order valence-corrected chi connectivity index (χ2v) is 9.48. The largest absolute Gasteiger partial charge is 0.416 e. The van der Waals surface area contributed by atoms with Crippen molar-refractivity contribution in [3.63, 3.8) is 0 Å². The number of halogens is 4. The average Bonchev–Trinajstić information content (AvgIpc) is 2.78. The number of piperazine rings is 1. The lowest BCUT2D eigenvalue weighted by molar-refractivity contribution is -0.138. The Morgan fingerprint density at radius 3 is 2.47 bits per heavy atom. The number of nitrogens with zero attached hydrogens (tertiary/aromatic N) is 3. The van der Waals surface area contributed by atoms with Gasteiger partial charge in [-0.1, -0.05) is 34.1 Å². The van der Waals surface area contributed by atoms with Crippen molar-refractivity contribution in [1.29, 1.82) is 0 Å². The first kappa shape index (κ1) is 23.1. The van der Waals surface area contributed by atoms with Gasteiger partial charge in [-0.3, -0.25) is 9.69 Å². The number of alkyl halides is 3. The number of piperidine rings is 1. The standard InChI is InChI=1S/C24H27BrF3N3O/c25-21-7-1-4-18(14-21)16-29-9-3-5-19(17-29)23(32)31-12-10-30(11-13-31)22-8-2-6-20(15-22)24(26,27)28/h1-2,4,6-8,14-15,19H,3,5,9-13,16-17H2. The highest BCUT2D eigenvalue weighted by atomic mass is 79.9. The van der Waals surface area contributed by atoms with E-state index >= 15 is 0 Å². The van der Waals surface area contributed by atoms with E-state index in [0.29, 0.717) is 31.9 Å². The Labute approximate surface area is 195 Å². The summed E-state index contributed by atoms with van der Waals surface area (Å²) in [5, 5.41) is 0. The Bertz CT molecular complexity index is 944. The molecule has 2 aliphatic heterocycles. The minimum absolute atomic E-state index is 0.0176. The molecule has 2 saturated heterocycles. The van der Waals surface area contributed by atoms with Gasteiger partial charge in [-0.25, -0.2) is 0 Å². The van der Waals surface area contributed by atoms with Gasteiger partial charge in [-0.2, -0.15) is 13.2 Å².